The summed E-state index contributed by atoms with van der Waals surface area (Å²) >= 11 is 2.46. The molecule has 1 aliphatic carbocycles. The molecule has 7 nitrogen and oxygen atoms in total. The Kier molecular flexibility index (Phi) is 5.99. The Labute approximate surface area is 166 Å². The van der Waals surface area contributed by atoms with Gasteiger partial charge in [-0.15, -0.1) is 27.5 Å². The summed E-state index contributed by atoms with van der Waals surface area (Å²) in [6.45, 7) is 3.85. The third kappa shape index (κ3) is 4.95. The number of hydrogen-bond acceptors (Lipinski definition) is 6. The molecule has 0 fully saturated rings. The number of fused-ring (bicyclic) bond motifs is 1. The SMILES string of the molecule is CC(=O)NCc1ccc(S(=O)(=O)NNC(=O)c2cc3c(s2)CCC(C)C3)s1. The first-order valence-electron chi connectivity index (χ1n) is 8.51. The van der Waals surface area contributed by atoms with Gasteiger partial charge in [0.25, 0.3) is 15.9 Å². The molecule has 0 saturated carbocycles. The van der Waals surface area contributed by atoms with Crippen molar-refractivity contribution in [3.05, 3.63) is 38.4 Å². The van der Waals surface area contributed by atoms with Gasteiger partial charge < -0.3 is 5.32 Å². The molecule has 0 bridgehead atoms. The van der Waals surface area contributed by atoms with Gasteiger partial charge in [-0.2, -0.15) is 0 Å². The van der Waals surface area contributed by atoms with E-state index in [4.69, 9.17) is 0 Å². The van der Waals surface area contributed by atoms with Gasteiger partial charge in [-0.3, -0.25) is 15.0 Å². The summed E-state index contributed by atoms with van der Waals surface area (Å²) < 4.78 is 24.8. The van der Waals surface area contributed by atoms with E-state index in [0.29, 0.717) is 15.7 Å². The second-order valence-electron chi connectivity index (χ2n) is 6.60. The number of rotatable bonds is 6. The lowest BCUT2D eigenvalue weighted by Crippen LogP contribution is -2.40. The molecule has 146 valence electrons. The second-order valence-corrected chi connectivity index (χ2v) is 10.8. The molecule has 2 heterocycles. The van der Waals surface area contributed by atoms with Crippen molar-refractivity contribution in [2.45, 2.75) is 43.9 Å². The molecular formula is C17H21N3O4S3. The number of nitrogens with one attached hydrogen (secondary N) is 3. The largest absolute Gasteiger partial charge is 0.351 e. The fourth-order valence-electron chi connectivity index (χ4n) is 2.85. The van der Waals surface area contributed by atoms with E-state index in [-0.39, 0.29) is 16.7 Å². The summed E-state index contributed by atoms with van der Waals surface area (Å²) in [6, 6.07) is 4.93. The van der Waals surface area contributed by atoms with Crippen LogP contribution in [0.4, 0.5) is 0 Å². The van der Waals surface area contributed by atoms with Crippen molar-refractivity contribution in [3.8, 4) is 0 Å². The van der Waals surface area contributed by atoms with Gasteiger partial charge in [0.05, 0.1) is 11.4 Å². The molecule has 0 radical (unpaired) electrons. The van der Waals surface area contributed by atoms with Gasteiger partial charge in [-0.25, -0.2) is 8.42 Å². The van der Waals surface area contributed by atoms with Crippen LogP contribution in [0.1, 0.15) is 45.3 Å². The number of sulfonamides is 1. The van der Waals surface area contributed by atoms with Crippen LogP contribution in [0.15, 0.2) is 22.4 Å². The molecule has 27 heavy (non-hydrogen) atoms. The zero-order valence-corrected chi connectivity index (χ0v) is 17.4. The van der Waals surface area contributed by atoms with Gasteiger partial charge in [-0.05, 0) is 48.9 Å². The van der Waals surface area contributed by atoms with E-state index in [0.717, 1.165) is 30.6 Å². The third-order valence-corrected chi connectivity index (χ3v) is 8.33. The second kappa shape index (κ2) is 8.09. The van der Waals surface area contributed by atoms with Crippen molar-refractivity contribution in [2.24, 2.45) is 5.92 Å². The Morgan fingerprint density at radius 2 is 2.04 bits per heavy atom. The molecule has 2 aromatic rings. The maximum atomic E-state index is 12.4. The lowest BCUT2D eigenvalue weighted by Gasteiger charge is -2.16. The number of hydrogen-bond donors (Lipinski definition) is 3. The van der Waals surface area contributed by atoms with Crippen LogP contribution in [0.3, 0.4) is 0 Å². The number of carbonyl (C=O) groups excluding carboxylic acids is 2. The van der Waals surface area contributed by atoms with Gasteiger partial charge in [0.2, 0.25) is 5.91 Å². The highest BCUT2D eigenvalue weighted by atomic mass is 32.2. The van der Waals surface area contributed by atoms with Gasteiger partial charge in [-0.1, -0.05) is 6.92 Å². The van der Waals surface area contributed by atoms with Crippen LogP contribution < -0.4 is 15.6 Å². The number of amides is 2. The smallest absolute Gasteiger partial charge is 0.276 e. The maximum Gasteiger partial charge on any atom is 0.276 e. The molecule has 0 saturated heterocycles. The van der Waals surface area contributed by atoms with E-state index in [9.17, 15) is 18.0 Å². The highest BCUT2D eigenvalue weighted by Gasteiger charge is 2.22. The van der Waals surface area contributed by atoms with Crippen LogP contribution in [-0.4, -0.2) is 20.2 Å². The molecule has 1 atom stereocenters. The van der Waals surface area contributed by atoms with Crippen molar-refractivity contribution in [3.63, 3.8) is 0 Å². The molecule has 0 aliphatic heterocycles. The number of thiophene rings is 2. The lowest BCUT2D eigenvalue weighted by molar-refractivity contribution is -0.119. The van der Waals surface area contributed by atoms with Crippen molar-refractivity contribution in [1.29, 1.82) is 0 Å². The highest BCUT2D eigenvalue weighted by Crippen LogP contribution is 2.32. The summed E-state index contributed by atoms with van der Waals surface area (Å²) in [4.78, 5) is 27.8. The van der Waals surface area contributed by atoms with E-state index < -0.39 is 15.9 Å². The Bertz CT molecular complexity index is 962. The molecule has 0 spiro atoms. The predicted octanol–water partition coefficient (Wildman–Crippen LogP) is 2.19. The zero-order chi connectivity index (χ0) is 19.6. The third-order valence-electron chi connectivity index (χ3n) is 4.27. The minimum Gasteiger partial charge on any atom is -0.351 e. The fraction of sp³-hybridized carbons (Fsp3) is 0.412. The van der Waals surface area contributed by atoms with Crippen LogP contribution in [0.2, 0.25) is 0 Å². The average Bonchev–Trinajstić information content (AvgIpc) is 3.24. The highest BCUT2D eigenvalue weighted by molar-refractivity contribution is 7.91. The number of hydrazine groups is 1. The lowest BCUT2D eigenvalue weighted by atomic mass is 9.90. The van der Waals surface area contributed by atoms with E-state index in [2.05, 4.69) is 22.5 Å². The van der Waals surface area contributed by atoms with Crippen molar-refractivity contribution < 1.29 is 18.0 Å². The van der Waals surface area contributed by atoms with Gasteiger partial charge in [0.15, 0.2) is 0 Å². The normalized spacial score (nSPS) is 16.6. The van der Waals surface area contributed by atoms with E-state index >= 15 is 0 Å². The molecular weight excluding hydrogens is 406 g/mol. The summed E-state index contributed by atoms with van der Waals surface area (Å²) in [5.41, 5.74) is 3.48. The van der Waals surface area contributed by atoms with Crippen molar-refractivity contribution >= 4 is 44.5 Å². The number of aryl methyl sites for hydroxylation is 1. The topological polar surface area (TPSA) is 104 Å². The van der Waals surface area contributed by atoms with E-state index in [1.54, 1.807) is 6.07 Å². The minimum absolute atomic E-state index is 0.0717. The molecule has 2 amide bonds. The average molecular weight is 428 g/mol. The minimum atomic E-state index is -3.86. The first-order valence-corrected chi connectivity index (χ1v) is 11.6. The monoisotopic (exact) mass is 427 g/mol. The molecule has 0 aromatic carbocycles. The molecule has 3 rings (SSSR count). The first kappa shape index (κ1) is 20.0. The molecule has 1 unspecified atom stereocenters. The molecule has 2 aromatic heterocycles. The van der Waals surface area contributed by atoms with Gasteiger partial charge in [0, 0.05) is 16.7 Å². The van der Waals surface area contributed by atoms with Crippen LogP contribution in [0.5, 0.6) is 0 Å². The molecule has 10 heteroatoms. The molecule has 3 N–H and O–H groups in total. The Morgan fingerprint density at radius 3 is 2.78 bits per heavy atom. The van der Waals surface area contributed by atoms with Crippen LogP contribution >= 0.6 is 22.7 Å². The van der Waals surface area contributed by atoms with Gasteiger partial charge >= 0.3 is 0 Å². The fourth-order valence-corrected chi connectivity index (χ4v) is 6.09. The van der Waals surface area contributed by atoms with Crippen molar-refractivity contribution in [1.82, 2.24) is 15.6 Å². The Hall–Kier alpha value is -1.75. The summed E-state index contributed by atoms with van der Waals surface area (Å²) in [6.07, 6.45) is 3.03. The van der Waals surface area contributed by atoms with Crippen LogP contribution in [-0.2, 0) is 34.2 Å². The van der Waals surface area contributed by atoms with Crippen LogP contribution in [0, 0.1) is 5.92 Å². The number of carbonyl (C=O) groups is 2. The van der Waals surface area contributed by atoms with E-state index in [1.165, 1.54) is 34.8 Å². The summed E-state index contributed by atoms with van der Waals surface area (Å²) in [5.74, 6) is -0.0427. The standard InChI is InChI=1S/C17H21N3O4S3/c1-10-3-5-14-12(7-10)8-15(26-14)17(22)19-20-27(23,24)16-6-4-13(25-16)9-18-11(2)21/h4,6,8,10,20H,3,5,7,9H2,1-2H3,(H,18,21)(H,19,22). The zero-order valence-electron chi connectivity index (χ0n) is 15.0. The maximum absolute atomic E-state index is 12.4. The molecule has 1 aliphatic rings. The first-order chi connectivity index (χ1) is 12.7. The Balaban J connectivity index is 1.62. The quantitative estimate of drug-likeness (QED) is 0.615. The van der Waals surface area contributed by atoms with E-state index in [1.807, 2.05) is 6.07 Å². The van der Waals surface area contributed by atoms with Gasteiger partial charge in [0.1, 0.15) is 4.21 Å². The summed E-state index contributed by atoms with van der Waals surface area (Å²) in [5, 5.41) is 2.61. The van der Waals surface area contributed by atoms with Crippen molar-refractivity contribution in [2.75, 3.05) is 0 Å². The summed E-state index contributed by atoms with van der Waals surface area (Å²) in [7, 11) is -3.86. The van der Waals surface area contributed by atoms with Crippen LogP contribution in [0.25, 0.3) is 0 Å². The predicted molar refractivity (Wildman–Crippen MR) is 105 cm³/mol. The Morgan fingerprint density at radius 1 is 1.26 bits per heavy atom.